The van der Waals surface area contributed by atoms with Gasteiger partial charge >= 0.3 is 0 Å². The van der Waals surface area contributed by atoms with E-state index < -0.39 is 0 Å². The van der Waals surface area contributed by atoms with Gasteiger partial charge in [-0.2, -0.15) is 0 Å². The Morgan fingerprint density at radius 3 is 1.86 bits per heavy atom. The van der Waals surface area contributed by atoms with E-state index in [4.69, 9.17) is 0 Å². The summed E-state index contributed by atoms with van der Waals surface area (Å²) in [4.78, 5) is 14.5. The van der Waals surface area contributed by atoms with Crippen LogP contribution in [0.25, 0.3) is 0 Å². The van der Waals surface area contributed by atoms with Gasteiger partial charge in [0.1, 0.15) is 0 Å². The van der Waals surface area contributed by atoms with Crippen molar-refractivity contribution in [1.29, 1.82) is 0 Å². The summed E-state index contributed by atoms with van der Waals surface area (Å²) in [7, 11) is 4.07. The van der Waals surface area contributed by atoms with Gasteiger partial charge < -0.3 is 0 Å². The van der Waals surface area contributed by atoms with Gasteiger partial charge in [-0.05, 0) is 26.9 Å². The number of hydrogen-bond acceptors (Lipinski definition) is 2. The maximum atomic E-state index is 12.4. The molecule has 1 fully saturated rings. The maximum Gasteiger partial charge on any atom is 0.158 e. The molecule has 1 aliphatic carbocycles. The second kappa shape index (κ2) is 3.65. The third-order valence-electron chi connectivity index (χ3n) is 3.39. The van der Waals surface area contributed by atoms with Gasteiger partial charge in [-0.3, -0.25) is 9.69 Å². The van der Waals surface area contributed by atoms with Gasteiger partial charge in [0.15, 0.2) is 5.78 Å². The van der Waals surface area contributed by atoms with Crippen LogP contribution in [0.4, 0.5) is 0 Å². The summed E-state index contributed by atoms with van der Waals surface area (Å²) >= 11 is 0. The molecule has 1 saturated carbocycles. The number of rotatable bonds is 2. The van der Waals surface area contributed by atoms with Crippen molar-refractivity contribution < 1.29 is 4.79 Å². The Labute approximate surface area is 87.7 Å². The molecule has 0 saturated heterocycles. The fourth-order valence-corrected chi connectivity index (χ4v) is 2.54. The Morgan fingerprint density at radius 1 is 1.14 bits per heavy atom. The van der Waals surface area contributed by atoms with Crippen LogP contribution in [-0.4, -0.2) is 30.3 Å². The van der Waals surface area contributed by atoms with Gasteiger partial charge in [-0.25, -0.2) is 0 Å². The average Bonchev–Trinajstić information content (AvgIpc) is 2.50. The first-order chi connectivity index (χ1) is 6.31. The van der Waals surface area contributed by atoms with Crippen molar-refractivity contribution in [2.75, 3.05) is 14.1 Å². The highest BCUT2D eigenvalue weighted by Crippen LogP contribution is 2.39. The van der Waals surface area contributed by atoms with Gasteiger partial charge in [0.2, 0.25) is 0 Å². The Balaban J connectivity index is 2.94. The van der Waals surface area contributed by atoms with Crippen LogP contribution < -0.4 is 0 Å². The zero-order valence-electron chi connectivity index (χ0n) is 10.2. The summed E-state index contributed by atoms with van der Waals surface area (Å²) in [5, 5.41) is 0. The molecule has 0 bridgehead atoms. The molecular weight excluding hydrogens is 174 g/mol. The lowest BCUT2D eigenvalue weighted by atomic mass is 9.76. The van der Waals surface area contributed by atoms with Gasteiger partial charge in [0.25, 0.3) is 0 Å². The van der Waals surface area contributed by atoms with Gasteiger partial charge in [-0.1, -0.05) is 33.6 Å². The summed E-state index contributed by atoms with van der Waals surface area (Å²) < 4.78 is 0. The highest BCUT2D eigenvalue weighted by molar-refractivity contribution is 5.92. The summed E-state index contributed by atoms with van der Waals surface area (Å²) in [6.07, 6.45) is 4.46. The lowest BCUT2D eigenvalue weighted by molar-refractivity contribution is -0.137. The van der Waals surface area contributed by atoms with Crippen LogP contribution in [0.3, 0.4) is 0 Å². The fourth-order valence-electron chi connectivity index (χ4n) is 2.54. The normalized spacial score (nSPS) is 21.6. The largest absolute Gasteiger partial charge is 0.297 e. The molecule has 0 aromatic carbocycles. The molecule has 0 aromatic heterocycles. The van der Waals surface area contributed by atoms with Crippen LogP contribution in [0, 0.1) is 5.41 Å². The van der Waals surface area contributed by atoms with Crippen molar-refractivity contribution in [2.45, 2.75) is 52.0 Å². The van der Waals surface area contributed by atoms with E-state index in [1.165, 1.54) is 12.8 Å². The topological polar surface area (TPSA) is 20.3 Å². The Morgan fingerprint density at radius 2 is 1.57 bits per heavy atom. The molecular formula is C12H23NO. The average molecular weight is 197 g/mol. The first-order valence-electron chi connectivity index (χ1n) is 5.53. The lowest BCUT2D eigenvalue weighted by Gasteiger charge is -2.39. The number of nitrogens with zero attached hydrogens (tertiary/aromatic N) is 1. The number of likely N-dealkylation sites (N-methyl/N-ethyl adjacent to an activating group) is 1. The van der Waals surface area contributed by atoms with Crippen molar-refractivity contribution in [3.63, 3.8) is 0 Å². The maximum absolute atomic E-state index is 12.4. The summed E-state index contributed by atoms with van der Waals surface area (Å²) in [5.41, 5.74) is -0.382. The zero-order valence-corrected chi connectivity index (χ0v) is 10.2. The Kier molecular flexibility index (Phi) is 3.05. The van der Waals surface area contributed by atoms with Crippen LogP contribution in [0.1, 0.15) is 46.5 Å². The number of ketones is 1. The van der Waals surface area contributed by atoms with E-state index in [-0.39, 0.29) is 11.0 Å². The molecule has 14 heavy (non-hydrogen) atoms. The number of carbonyl (C=O) groups is 1. The molecule has 0 heterocycles. The predicted octanol–water partition coefficient (Wildman–Crippen LogP) is 2.48. The Bertz CT molecular complexity index is 219. The van der Waals surface area contributed by atoms with E-state index in [0.29, 0.717) is 5.78 Å². The van der Waals surface area contributed by atoms with E-state index in [0.717, 1.165) is 12.8 Å². The van der Waals surface area contributed by atoms with Crippen molar-refractivity contribution in [2.24, 2.45) is 5.41 Å². The number of hydrogen-bond donors (Lipinski definition) is 0. The second-order valence-electron chi connectivity index (χ2n) is 5.71. The van der Waals surface area contributed by atoms with E-state index >= 15 is 0 Å². The van der Waals surface area contributed by atoms with Crippen LogP contribution >= 0.6 is 0 Å². The quantitative estimate of drug-likeness (QED) is 0.678. The molecule has 2 nitrogen and oxygen atoms in total. The first kappa shape index (κ1) is 11.7. The van der Waals surface area contributed by atoms with E-state index in [1.54, 1.807) is 0 Å². The molecule has 1 aliphatic rings. The van der Waals surface area contributed by atoms with Crippen molar-refractivity contribution >= 4 is 5.78 Å². The smallest absolute Gasteiger partial charge is 0.158 e. The minimum Gasteiger partial charge on any atom is -0.297 e. The SMILES string of the molecule is CN(C)C1(C(=O)C(C)(C)C)CCCC1. The van der Waals surface area contributed by atoms with Crippen molar-refractivity contribution in [3.8, 4) is 0 Å². The Hall–Kier alpha value is -0.370. The molecule has 1 rings (SSSR count). The number of carbonyl (C=O) groups excluding carboxylic acids is 1. The van der Waals surface area contributed by atoms with E-state index in [1.807, 2.05) is 34.9 Å². The molecule has 0 spiro atoms. The molecule has 82 valence electrons. The summed E-state index contributed by atoms with van der Waals surface area (Å²) in [6, 6.07) is 0. The monoisotopic (exact) mass is 197 g/mol. The molecule has 2 heteroatoms. The van der Waals surface area contributed by atoms with E-state index in [2.05, 4.69) is 4.90 Å². The third-order valence-corrected chi connectivity index (χ3v) is 3.39. The van der Waals surface area contributed by atoms with Crippen molar-refractivity contribution in [1.82, 2.24) is 4.90 Å². The lowest BCUT2D eigenvalue weighted by Crippen LogP contribution is -2.53. The van der Waals surface area contributed by atoms with Crippen molar-refractivity contribution in [3.05, 3.63) is 0 Å². The minimum absolute atomic E-state index is 0.168. The predicted molar refractivity (Wildman–Crippen MR) is 59.3 cm³/mol. The third kappa shape index (κ3) is 1.85. The molecule has 0 N–H and O–H groups in total. The summed E-state index contributed by atoms with van der Waals surface area (Å²) in [5.74, 6) is 0.410. The number of Topliss-reactive ketones (excluding diaryl/α,β-unsaturated/α-hetero) is 1. The molecule has 0 radical (unpaired) electrons. The fraction of sp³-hybridized carbons (Fsp3) is 0.917. The molecule has 0 atom stereocenters. The van der Waals surface area contributed by atoms with E-state index in [9.17, 15) is 4.79 Å². The van der Waals surface area contributed by atoms with Crippen LogP contribution in [0.2, 0.25) is 0 Å². The van der Waals surface area contributed by atoms with Gasteiger partial charge in [0.05, 0.1) is 5.54 Å². The second-order valence-corrected chi connectivity index (χ2v) is 5.71. The van der Waals surface area contributed by atoms with Crippen LogP contribution in [0.15, 0.2) is 0 Å². The molecule has 0 unspecified atom stereocenters. The van der Waals surface area contributed by atoms with Crippen LogP contribution in [-0.2, 0) is 4.79 Å². The van der Waals surface area contributed by atoms with Gasteiger partial charge in [-0.15, -0.1) is 0 Å². The molecule has 0 aliphatic heterocycles. The zero-order chi connectivity index (χ0) is 11.0. The standard InChI is InChI=1S/C12H23NO/c1-11(2,3)10(14)12(13(4)5)8-6-7-9-12/h6-9H2,1-5H3. The minimum atomic E-state index is -0.214. The van der Waals surface area contributed by atoms with Gasteiger partial charge in [0, 0.05) is 5.41 Å². The summed E-state index contributed by atoms with van der Waals surface area (Å²) in [6.45, 7) is 6.08. The van der Waals surface area contributed by atoms with Crippen LogP contribution in [0.5, 0.6) is 0 Å². The highest BCUT2D eigenvalue weighted by Gasteiger charge is 2.46. The molecule has 0 aromatic rings. The highest BCUT2D eigenvalue weighted by atomic mass is 16.1. The first-order valence-corrected chi connectivity index (χ1v) is 5.53. The molecule has 0 amide bonds.